The molecule has 0 aliphatic rings. The number of hydrogen-bond acceptors (Lipinski definition) is 3. The highest BCUT2D eigenvalue weighted by molar-refractivity contribution is 7.89. The van der Waals surface area contributed by atoms with Gasteiger partial charge in [0, 0.05) is 23.3 Å². The van der Waals surface area contributed by atoms with Crippen LogP contribution in [0.1, 0.15) is 31.5 Å². The number of rotatable bonds is 5. The minimum absolute atomic E-state index is 0.217. The van der Waals surface area contributed by atoms with Crippen molar-refractivity contribution in [2.75, 3.05) is 0 Å². The van der Waals surface area contributed by atoms with Crippen LogP contribution in [-0.2, 0) is 10.0 Å². The number of benzene rings is 1. The number of alkyl halides is 3. The van der Waals surface area contributed by atoms with Crippen molar-refractivity contribution in [3.63, 3.8) is 0 Å². The van der Waals surface area contributed by atoms with E-state index < -0.39 is 32.7 Å². The van der Waals surface area contributed by atoms with Crippen LogP contribution >= 0.6 is 11.6 Å². The predicted molar refractivity (Wildman–Crippen MR) is 91.7 cm³/mol. The molecule has 1 N–H and O–H groups in total. The molecule has 0 radical (unpaired) electrons. The van der Waals surface area contributed by atoms with Crippen molar-refractivity contribution in [2.45, 2.75) is 37.0 Å². The molecular formula is C16H16ClF3N2O3S. The Morgan fingerprint density at radius 1 is 1.12 bits per heavy atom. The molecule has 1 atom stereocenters. The van der Waals surface area contributed by atoms with Crippen molar-refractivity contribution < 1.29 is 21.6 Å². The topological polar surface area (TPSA) is 68.2 Å². The Balaban J connectivity index is 2.42. The van der Waals surface area contributed by atoms with Gasteiger partial charge in [-0.2, -0.15) is 17.9 Å². The zero-order valence-electron chi connectivity index (χ0n) is 13.8. The zero-order valence-corrected chi connectivity index (χ0v) is 15.4. The zero-order chi connectivity index (χ0) is 19.7. The van der Waals surface area contributed by atoms with E-state index in [9.17, 15) is 26.4 Å². The lowest BCUT2D eigenvalue weighted by atomic mass is 10.1. The van der Waals surface area contributed by atoms with Crippen LogP contribution in [0.4, 0.5) is 13.2 Å². The second-order valence-electron chi connectivity index (χ2n) is 5.85. The summed E-state index contributed by atoms with van der Waals surface area (Å²) in [7, 11) is -4.58. The fourth-order valence-electron chi connectivity index (χ4n) is 2.27. The Morgan fingerprint density at radius 2 is 1.69 bits per heavy atom. The molecule has 2 aromatic rings. The molecule has 10 heteroatoms. The van der Waals surface area contributed by atoms with Gasteiger partial charge in [-0.3, -0.25) is 4.79 Å². The lowest BCUT2D eigenvalue weighted by molar-refractivity contribution is -0.153. The average molecular weight is 409 g/mol. The van der Waals surface area contributed by atoms with E-state index in [1.165, 1.54) is 22.9 Å². The van der Waals surface area contributed by atoms with Crippen LogP contribution in [0.15, 0.2) is 52.3 Å². The van der Waals surface area contributed by atoms with E-state index in [-0.39, 0.29) is 16.6 Å². The summed E-state index contributed by atoms with van der Waals surface area (Å²) >= 11 is 5.66. The highest BCUT2D eigenvalue weighted by Crippen LogP contribution is 2.34. The van der Waals surface area contributed by atoms with Crippen LogP contribution in [0.5, 0.6) is 0 Å². The average Bonchev–Trinajstić information content (AvgIpc) is 2.52. The summed E-state index contributed by atoms with van der Waals surface area (Å²) in [6, 6.07) is 3.80. The molecule has 142 valence electrons. The van der Waals surface area contributed by atoms with E-state index in [0.717, 1.165) is 24.3 Å². The summed E-state index contributed by atoms with van der Waals surface area (Å²) in [5, 5.41) is 0.217. The molecule has 0 aliphatic heterocycles. The van der Waals surface area contributed by atoms with Crippen LogP contribution in [0.25, 0.3) is 0 Å². The summed E-state index contributed by atoms with van der Waals surface area (Å²) in [6.07, 6.45) is -3.65. The van der Waals surface area contributed by atoms with Crippen LogP contribution < -0.4 is 10.3 Å². The van der Waals surface area contributed by atoms with Gasteiger partial charge in [-0.25, -0.2) is 8.42 Å². The first kappa shape index (κ1) is 20.5. The van der Waals surface area contributed by atoms with Crippen molar-refractivity contribution >= 4 is 21.6 Å². The first-order valence-electron chi connectivity index (χ1n) is 7.48. The monoisotopic (exact) mass is 408 g/mol. The smallest absolute Gasteiger partial charge is 0.313 e. The SMILES string of the molecule is CC(C)n1ccc(S(=O)(=O)N[C@H](c2ccc(Cl)cc2)C(F)(F)F)cc1=O. The van der Waals surface area contributed by atoms with Crippen molar-refractivity contribution in [3.8, 4) is 0 Å². The number of nitrogens with one attached hydrogen (secondary N) is 1. The van der Waals surface area contributed by atoms with Crippen molar-refractivity contribution in [1.82, 2.24) is 9.29 Å². The standard InChI is InChI=1S/C16H16ClF3N2O3S/c1-10(2)22-8-7-13(9-14(22)23)26(24,25)21-15(16(18,19)20)11-3-5-12(17)6-4-11/h3-10,15,21H,1-2H3/t15-/m1/s1. The largest absolute Gasteiger partial charge is 0.408 e. The first-order valence-corrected chi connectivity index (χ1v) is 9.34. The molecule has 1 aromatic carbocycles. The summed E-state index contributed by atoms with van der Waals surface area (Å²) in [4.78, 5) is 11.4. The quantitative estimate of drug-likeness (QED) is 0.820. The summed E-state index contributed by atoms with van der Waals surface area (Å²) in [5.41, 5.74) is -0.945. The van der Waals surface area contributed by atoms with Crippen LogP contribution in [-0.4, -0.2) is 19.2 Å². The minimum atomic E-state index is -4.88. The fraction of sp³-hybridized carbons (Fsp3) is 0.312. The molecule has 0 fully saturated rings. The third-order valence-corrected chi connectivity index (χ3v) is 5.26. The normalized spacial score (nSPS) is 13.8. The molecule has 0 amide bonds. The van der Waals surface area contributed by atoms with Gasteiger partial charge in [-0.05, 0) is 37.6 Å². The molecular weight excluding hydrogens is 393 g/mol. The molecule has 0 aliphatic carbocycles. The highest BCUT2D eigenvalue weighted by Gasteiger charge is 2.43. The van der Waals surface area contributed by atoms with Gasteiger partial charge < -0.3 is 4.57 Å². The van der Waals surface area contributed by atoms with Crippen molar-refractivity contribution in [2.24, 2.45) is 0 Å². The Morgan fingerprint density at radius 3 is 2.15 bits per heavy atom. The van der Waals surface area contributed by atoms with E-state index in [1.54, 1.807) is 18.6 Å². The Bertz CT molecular complexity index is 938. The molecule has 0 saturated carbocycles. The number of pyridine rings is 1. The third-order valence-electron chi connectivity index (χ3n) is 3.59. The molecule has 0 spiro atoms. The van der Waals surface area contributed by atoms with Gasteiger partial charge in [0.2, 0.25) is 10.0 Å². The van der Waals surface area contributed by atoms with E-state index in [1.807, 2.05) is 0 Å². The van der Waals surface area contributed by atoms with E-state index in [4.69, 9.17) is 11.6 Å². The number of sulfonamides is 1. The third kappa shape index (κ3) is 4.66. The van der Waals surface area contributed by atoms with Crippen LogP contribution in [0.3, 0.4) is 0 Å². The lowest BCUT2D eigenvalue weighted by Gasteiger charge is -2.22. The van der Waals surface area contributed by atoms with Gasteiger partial charge >= 0.3 is 6.18 Å². The van der Waals surface area contributed by atoms with E-state index in [0.29, 0.717) is 0 Å². The van der Waals surface area contributed by atoms with Crippen LogP contribution in [0.2, 0.25) is 5.02 Å². The lowest BCUT2D eigenvalue weighted by Crippen LogP contribution is -2.38. The molecule has 26 heavy (non-hydrogen) atoms. The number of hydrogen-bond donors (Lipinski definition) is 1. The highest BCUT2D eigenvalue weighted by atomic mass is 35.5. The first-order chi connectivity index (χ1) is 11.9. The second-order valence-corrected chi connectivity index (χ2v) is 8.00. The molecule has 1 heterocycles. The number of nitrogens with zero attached hydrogens (tertiary/aromatic N) is 1. The van der Waals surface area contributed by atoms with Gasteiger partial charge in [-0.1, -0.05) is 23.7 Å². The Hall–Kier alpha value is -1.84. The predicted octanol–water partition coefficient (Wildman–Crippen LogP) is 3.66. The van der Waals surface area contributed by atoms with Crippen molar-refractivity contribution in [3.05, 3.63) is 63.5 Å². The van der Waals surface area contributed by atoms with Gasteiger partial charge in [0.1, 0.15) is 6.04 Å². The van der Waals surface area contributed by atoms with Crippen molar-refractivity contribution in [1.29, 1.82) is 0 Å². The molecule has 2 rings (SSSR count). The molecule has 5 nitrogen and oxygen atoms in total. The maximum absolute atomic E-state index is 13.4. The number of halogens is 4. The minimum Gasteiger partial charge on any atom is -0.313 e. The van der Waals surface area contributed by atoms with E-state index >= 15 is 0 Å². The maximum Gasteiger partial charge on any atom is 0.408 e. The molecule has 0 unspecified atom stereocenters. The Kier molecular flexibility index (Phi) is 5.84. The second kappa shape index (κ2) is 7.42. The molecule has 1 aromatic heterocycles. The summed E-state index contributed by atoms with van der Waals surface area (Å²) < 4.78 is 67.8. The summed E-state index contributed by atoms with van der Waals surface area (Å²) in [5.74, 6) is 0. The van der Waals surface area contributed by atoms with Gasteiger partial charge in [0.05, 0.1) is 4.90 Å². The van der Waals surface area contributed by atoms with Gasteiger partial charge in [0.25, 0.3) is 5.56 Å². The fourth-order valence-corrected chi connectivity index (χ4v) is 3.61. The van der Waals surface area contributed by atoms with E-state index in [2.05, 4.69) is 0 Å². The van der Waals surface area contributed by atoms with Crippen LogP contribution in [0, 0.1) is 0 Å². The summed E-state index contributed by atoms with van der Waals surface area (Å²) in [6.45, 7) is 3.43. The maximum atomic E-state index is 13.4. The van der Waals surface area contributed by atoms with Gasteiger partial charge in [-0.15, -0.1) is 0 Å². The molecule has 0 saturated heterocycles. The van der Waals surface area contributed by atoms with Gasteiger partial charge in [0.15, 0.2) is 0 Å². The number of aromatic nitrogens is 1. The Labute approximate surface area is 153 Å². The molecule has 0 bridgehead atoms.